The van der Waals surface area contributed by atoms with Crippen LogP contribution in [0.3, 0.4) is 0 Å². The molecule has 2 atom stereocenters. The molecule has 7 nitrogen and oxygen atoms in total. The highest BCUT2D eigenvalue weighted by molar-refractivity contribution is 5.31. The fourth-order valence-corrected chi connectivity index (χ4v) is 1.43. The number of aliphatic hydroxyl groups excluding tert-OH is 2. The fourth-order valence-electron chi connectivity index (χ4n) is 1.43. The molecule has 13 heavy (non-hydrogen) atoms. The quantitative estimate of drug-likeness (QED) is 0.514. The van der Waals surface area contributed by atoms with Crippen LogP contribution in [0, 0.1) is 0 Å². The Bertz CT molecular complexity index is 291. The Balaban J connectivity index is 2.16. The molecule has 7 heteroatoms. The first kappa shape index (κ1) is 8.39. The van der Waals surface area contributed by atoms with Gasteiger partial charge in [-0.1, -0.05) is 5.10 Å². The Morgan fingerprint density at radius 1 is 1.31 bits per heavy atom. The number of hydrogen-bond acceptors (Lipinski definition) is 6. The summed E-state index contributed by atoms with van der Waals surface area (Å²) in [6.07, 6.45) is -1.42. The van der Waals surface area contributed by atoms with Crippen LogP contribution < -0.4 is 4.90 Å². The number of aromatic nitrogens is 4. The molecule has 0 spiro atoms. The Morgan fingerprint density at radius 2 is 1.92 bits per heavy atom. The van der Waals surface area contributed by atoms with Gasteiger partial charge in [0.15, 0.2) is 0 Å². The van der Waals surface area contributed by atoms with E-state index in [4.69, 9.17) is 0 Å². The van der Waals surface area contributed by atoms with Gasteiger partial charge in [0.2, 0.25) is 5.95 Å². The van der Waals surface area contributed by atoms with E-state index >= 15 is 0 Å². The maximum absolute atomic E-state index is 9.29. The third-order valence-corrected chi connectivity index (χ3v) is 2.14. The van der Waals surface area contributed by atoms with Crippen molar-refractivity contribution in [2.24, 2.45) is 7.05 Å². The average molecular weight is 185 g/mol. The van der Waals surface area contributed by atoms with Gasteiger partial charge in [0.1, 0.15) is 0 Å². The van der Waals surface area contributed by atoms with Crippen LogP contribution in [0.5, 0.6) is 0 Å². The lowest BCUT2D eigenvalue weighted by atomic mass is 10.3. The van der Waals surface area contributed by atoms with Crippen LogP contribution in [0.2, 0.25) is 0 Å². The minimum atomic E-state index is -0.711. The molecule has 0 unspecified atom stereocenters. The van der Waals surface area contributed by atoms with Crippen molar-refractivity contribution in [3.63, 3.8) is 0 Å². The zero-order chi connectivity index (χ0) is 9.42. The molecule has 1 saturated heterocycles. The highest BCUT2D eigenvalue weighted by atomic mass is 16.3. The van der Waals surface area contributed by atoms with E-state index in [0.717, 1.165) is 0 Å². The van der Waals surface area contributed by atoms with Crippen molar-refractivity contribution in [1.29, 1.82) is 0 Å². The van der Waals surface area contributed by atoms with Crippen molar-refractivity contribution in [2.45, 2.75) is 12.2 Å². The van der Waals surface area contributed by atoms with Gasteiger partial charge in [0, 0.05) is 20.1 Å². The summed E-state index contributed by atoms with van der Waals surface area (Å²) in [5.41, 5.74) is 0. The van der Waals surface area contributed by atoms with Gasteiger partial charge in [-0.05, 0) is 10.4 Å². The van der Waals surface area contributed by atoms with Crippen molar-refractivity contribution in [1.82, 2.24) is 20.2 Å². The summed E-state index contributed by atoms with van der Waals surface area (Å²) >= 11 is 0. The van der Waals surface area contributed by atoms with E-state index in [1.165, 1.54) is 4.68 Å². The molecule has 1 fully saturated rings. The standard InChI is InChI=1S/C6H11N5O2/c1-10-6(7-8-9-10)11-2-4(12)5(13)3-11/h4-5,12-13H,2-3H2,1H3/t4-,5+. The third kappa shape index (κ3) is 1.36. The monoisotopic (exact) mass is 185 g/mol. The summed E-state index contributed by atoms with van der Waals surface area (Å²) < 4.78 is 1.50. The second-order valence-electron chi connectivity index (χ2n) is 3.14. The van der Waals surface area contributed by atoms with E-state index in [1.807, 2.05) is 0 Å². The molecule has 72 valence electrons. The van der Waals surface area contributed by atoms with E-state index in [-0.39, 0.29) is 0 Å². The Kier molecular flexibility index (Phi) is 1.89. The highest BCUT2D eigenvalue weighted by Gasteiger charge is 2.31. The van der Waals surface area contributed by atoms with E-state index in [1.54, 1.807) is 11.9 Å². The summed E-state index contributed by atoms with van der Waals surface area (Å²) in [6.45, 7) is 0.741. The lowest BCUT2D eigenvalue weighted by Crippen LogP contribution is -2.24. The lowest BCUT2D eigenvalue weighted by molar-refractivity contribution is 0.0572. The number of hydrogen-bond donors (Lipinski definition) is 2. The van der Waals surface area contributed by atoms with Gasteiger partial charge in [-0.2, -0.15) is 0 Å². The van der Waals surface area contributed by atoms with Crippen LogP contribution in [0.4, 0.5) is 5.95 Å². The SMILES string of the molecule is Cn1nnnc1N1C[C@@H](O)[C@@H](O)C1. The Morgan fingerprint density at radius 3 is 2.38 bits per heavy atom. The number of nitrogens with zero attached hydrogens (tertiary/aromatic N) is 5. The van der Waals surface area contributed by atoms with Gasteiger partial charge >= 0.3 is 0 Å². The molecule has 0 bridgehead atoms. The zero-order valence-corrected chi connectivity index (χ0v) is 7.20. The van der Waals surface area contributed by atoms with Crippen LogP contribution in [0.1, 0.15) is 0 Å². The van der Waals surface area contributed by atoms with Crippen molar-refractivity contribution in [3.8, 4) is 0 Å². The molecule has 2 N–H and O–H groups in total. The van der Waals surface area contributed by atoms with Crippen LogP contribution in [0.15, 0.2) is 0 Å². The van der Waals surface area contributed by atoms with Gasteiger partial charge in [-0.25, -0.2) is 4.68 Å². The minimum Gasteiger partial charge on any atom is -0.388 e. The number of aryl methyl sites for hydroxylation is 1. The van der Waals surface area contributed by atoms with Gasteiger partial charge in [-0.3, -0.25) is 0 Å². The predicted octanol–water partition coefficient (Wildman–Crippen LogP) is -2.25. The maximum Gasteiger partial charge on any atom is 0.245 e. The van der Waals surface area contributed by atoms with Gasteiger partial charge in [0.05, 0.1) is 12.2 Å². The number of anilines is 1. The summed E-state index contributed by atoms with van der Waals surface area (Å²) in [6, 6.07) is 0. The molecule has 1 aromatic heterocycles. The Hall–Kier alpha value is -1.21. The fraction of sp³-hybridized carbons (Fsp3) is 0.833. The summed E-state index contributed by atoms with van der Waals surface area (Å²) in [5, 5.41) is 29.5. The lowest BCUT2D eigenvalue weighted by Gasteiger charge is -2.13. The molecule has 1 aliphatic rings. The van der Waals surface area contributed by atoms with Crippen LogP contribution >= 0.6 is 0 Å². The van der Waals surface area contributed by atoms with Crippen molar-refractivity contribution >= 4 is 5.95 Å². The molecular formula is C6H11N5O2. The summed E-state index contributed by atoms with van der Waals surface area (Å²) in [4.78, 5) is 1.75. The van der Waals surface area contributed by atoms with E-state index < -0.39 is 12.2 Å². The predicted molar refractivity (Wildman–Crippen MR) is 43.0 cm³/mol. The Labute approximate surface area is 74.6 Å². The molecular weight excluding hydrogens is 174 g/mol. The molecule has 0 amide bonds. The first-order valence-electron chi connectivity index (χ1n) is 4.02. The second-order valence-corrected chi connectivity index (χ2v) is 3.14. The normalized spacial score (nSPS) is 28.4. The molecule has 0 aromatic carbocycles. The minimum absolute atomic E-state index is 0.370. The van der Waals surface area contributed by atoms with Crippen molar-refractivity contribution in [2.75, 3.05) is 18.0 Å². The molecule has 1 aliphatic heterocycles. The number of rotatable bonds is 1. The highest BCUT2D eigenvalue weighted by Crippen LogP contribution is 2.16. The van der Waals surface area contributed by atoms with E-state index in [2.05, 4.69) is 15.5 Å². The molecule has 2 rings (SSSR count). The topological polar surface area (TPSA) is 87.3 Å². The van der Waals surface area contributed by atoms with Crippen LogP contribution in [-0.2, 0) is 7.05 Å². The number of aliphatic hydroxyl groups is 2. The third-order valence-electron chi connectivity index (χ3n) is 2.14. The van der Waals surface area contributed by atoms with Gasteiger partial charge < -0.3 is 15.1 Å². The van der Waals surface area contributed by atoms with Gasteiger partial charge in [-0.15, -0.1) is 0 Å². The van der Waals surface area contributed by atoms with Gasteiger partial charge in [0.25, 0.3) is 0 Å². The van der Waals surface area contributed by atoms with Crippen molar-refractivity contribution < 1.29 is 10.2 Å². The first-order chi connectivity index (χ1) is 6.18. The first-order valence-corrected chi connectivity index (χ1v) is 4.02. The number of tetrazole rings is 1. The molecule has 2 heterocycles. The summed E-state index contributed by atoms with van der Waals surface area (Å²) in [5.74, 6) is 0.565. The maximum atomic E-state index is 9.29. The molecule has 1 aromatic rings. The van der Waals surface area contributed by atoms with Crippen molar-refractivity contribution in [3.05, 3.63) is 0 Å². The zero-order valence-electron chi connectivity index (χ0n) is 7.20. The molecule has 0 saturated carbocycles. The summed E-state index contributed by atoms with van der Waals surface area (Å²) in [7, 11) is 1.71. The van der Waals surface area contributed by atoms with E-state index in [9.17, 15) is 10.2 Å². The molecule has 0 radical (unpaired) electrons. The largest absolute Gasteiger partial charge is 0.388 e. The smallest absolute Gasteiger partial charge is 0.245 e. The van der Waals surface area contributed by atoms with E-state index in [0.29, 0.717) is 19.0 Å². The second kappa shape index (κ2) is 2.93. The average Bonchev–Trinajstić information content (AvgIpc) is 2.60. The molecule has 0 aliphatic carbocycles. The van der Waals surface area contributed by atoms with Crippen LogP contribution in [-0.4, -0.2) is 55.7 Å². The number of β-amino-alcohol motifs (C(OH)–C–C–N with tert-alkyl or cyclic N) is 2. The van der Waals surface area contributed by atoms with Crippen LogP contribution in [0.25, 0.3) is 0 Å².